The van der Waals surface area contributed by atoms with Crippen LogP contribution in [-0.2, 0) is 64.2 Å². The zero-order valence-corrected chi connectivity index (χ0v) is 35.9. The van der Waals surface area contributed by atoms with E-state index in [1.807, 2.05) is 72.8 Å². The molecule has 2 aromatic heterocycles. The number of rotatable bonds is 17. The van der Waals surface area contributed by atoms with Crippen molar-refractivity contribution in [2.75, 3.05) is 20.7 Å². The van der Waals surface area contributed by atoms with Crippen LogP contribution in [0.3, 0.4) is 0 Å². The standard InChI is InChI=1S/C24H26N4O5.C22H22N4O5/c1-4-31-22(29)14-15-32-20-12-10-19(11-13-20)23-21(28(3)26-25-23)17-33-24(30)27(2)16-18-8-6-5-7-9-18;1-25(14-16-6-4-3-5-7-16)22(29)31-15-19-21(23-24-26(19)2)17-8-10-18(11-9-17)30-13-12-20(27)28/h5-15H,4,16-17H2,1-3H3;3-13H,14-15H2,1-2H3,(H,27,28)/b15-14+;13-12+. The molecule has 0 bridgehead atoms. The van der Waals surface area contributed by atoms with Crippen molar-refractivity contribution < 1.29 is 48.0 Å². The molecule has 18 nitrogen and oxygen atoms in total. The second-order valence-electron chi connectivity index (χ2n) is 13.8. The summed E-state index contributed by atoms with van der Waals surface area (Å²) in [5, 5.41) is 25.1. The highest BCUT2D eigenvalue weighted by atomic mass is 16.6. The first-order valence-corrected chi connectivity index (χ1v) is 19.8. The van der Waals surface area contributed by atoms with Crippen molar-refractivity contribution in [1.29, 1.82) is 0 Å². The van der Waals surface area contributed by atoms with Gasteiger partial charge in [0, 0.05) is 52.4 Å². The number of aryl methyl sites for hydroxylation is 2. The van der Waals surface area contributed by atoms with E-state index in [1.54, 1.807) is 80.9 Å². The molecule has 332 valence electrons. The highest BCUT2D eigenvalue weighted by molar-refractivity contribution is 5.81. The number of amides is 2. The summed E-state index contributed by atoms with van der Waals surface area (Å²) in [6.45, 7) is 2.96. The van der Waals surface area contributed by atoms with Crippen molar-refractivity contribution in [3.63, 3.8) is 0 Å². The molecule has 0 aliphatic rings. The third-order valence-corrected chi connectivity index (χ3v) is 9.06. The van der Waals surface area contributed by atoms with E-state index in [0.717, 1.165) is 34.6 Å². The van der Waals surface area contributed by atoms with Gasteiger partial charge in [-0.25, -0.2) is 28.5 Å². The number of hydrogen-bond donors (Lipinski definition) is 1. The number of carbonyl (C=O) groups excluding carboxylic acids is 3. The van der Waals surface area contributed by atoms with Gasteiger partial charge in [-0.15, -0.1) is 10.2 Å². The summed E-state index contributed by atoms with van der Waals surface area (Å²) in [5.41, 5.74) is 6.04. The molecule has 0 unspecified atom stereocenters. The van der Waals surface area contributed by atoms with Crippen LogP contribution in [0.4, 0.5) is 9.59 Å². The summed E-state index contributed by atoms with van der Waals surface area (Å²) in [7, 11) is 6.83. The van der Waals surface area contributed by atoms with Gasteiger partial charge in [-0.05, 0) is 66.6 Å². The van der Waals surface area contributed by atoms with E-state index in [0.29, 0.717) is 54.0 Å². The lowest BCUT2D eigenvalue weighted by Crippen LogP contribution is -2.27. The molecule has 2 heterocycles. The molecule has 6 aromatic rings. The second-order valence-corrected chi connectivity index (χ2v) is 13.8. The molecule has 18 heteroatoms. The number of aromatic nitrogens is 6. The van der Waals surface area contributed by atoms with Gasteiger partial charge in [-0.2, -0.15) is 0 Å². The number of carbonyl (C=O) groups is 4. The first-order chi connectivity index (χ1) is 30.9. The van der Waals surface area contributed by atoms with Crippen LogP contribution in [0.5, 0.6) is 11.5 Å². The minimum Gasteiger partial charge on any atom is -0.478 e. The summed E-state index contributed by atoms with van der Waals surface area (Å²) >= 11 is 0. The Morgan fingerprint density at radius 1 is 0.594 bits per heavy atom. The van der Waals surface area contributed by atoms with Gasteiger partial charge in [-0.3, -0.25) is 0 Å². The molecule has 0 atom stereocenters. The quantitative estimate of drug-likeness (QED) is 0.0428. The normalized spacial score (nSPS) is 10.8. The molecule has 2 amide bonds. The Morgan fingerprint density at radius 2 is 1.00 bits per heavy atom. The lowest BCUT2D eigenvalue weighted by Gasteiger charge is -2.17. The zero-order chi connectivity index (χ0) is 45.8. The predicted molar refractivity (Wildman–Crippen MR) is 233 cm³/mol. The summed E-state index contributed by atoms with van der Waals surface area (Å²) in [5.74, 6) is -0.550. The van der Waals surface area contributed by atoms with E-state index in [1.165, 1.54) is 22.1 Å². The second kappa shape index (κ2) is 23.6. The zero-order valence-electron chi connectivity index (χ0n) is 35.9. The summed E-state index contributed by atoms with van der Waals surface area (Å²) in [6.07, 6.45) is 3.58. The Bertz CT molecular complexity index is 2510. The van der Waals surface area contributed by atoms with Crippen molar-refractivity contribution >= 4 is 24.1 Å². The Morgan fingerprint density at radius 3 is 1.39 bits per heavy atom. The number of nitrogens with zero attached hydrogens (tertiary/aromatic N) is 8. The van der Waals surface area contributed by atoms with E-state index < -0.39 is 24.1 Å². The van der Waals surface area contributed by atoms with Gasteiger partial charge in [0.15, 0.2) is 0 Å². The van der Waals surface area contributed by atoms with E-state index in [4.69, 9.17) is 28.8 Å². The van der Waals surface area contributed by atoms with Gasteiger partial charge in [0.2, 0.25) is 0 Å². The summed E-state index contributed by atoms with van der Waals surface area (Å²) < 4.78 is 29.5. The van der Waals surface area contributed by atoms with Gasteiger partial charge in [0.05, 0.1) is 31.3 Å². The van der Waals surface area contributed by atoms with Crippen LogP contribution < -0.4 is 9.47 Å². The number of esters is 1. The molecule has 0 fully saturated rings. The molecule has 0 aliphatic heterocycles. The van der Waals surface area contributed by atoms with Crippen LogP contribution in [0.25, 0.3) is 22.5 Å². The molecular formula is C46H48N8O10. The summed E-state index contributed by atoms with van der Waals surface area (Å²) in [6, 6.07) is 33.3. The number of ether oxygens (including phenoxy) is 5. The first kappa shape index (κ1) is 46.8. The Balaban J connectivity index is 0.000000241. The Kier molecular flexibility index (Phi) is 17.3. The van der Waals surface area contributed by atoms with Gasteiger partial charge in [0.25, 0.3) is 0 Å². The largest absolute Gasteiger partial charge is 0.478 e. The number of carboxylic acid groups (broad SMARTS) is 1. The van der Waals surface area contributed by atoms with Gasteiger partial charge < -0.3 is 38.6 Å². The van der Waals surface area contributed by atoms with Crippen molar-refractivity contribution in [3.05, 3.63) is 156 Å². The number of carboxylic acids is 1. The van der Waals surface area contributed by atoms with E-state index >= 15 is 0 Å². The number of benzene rings is 4. The Labute approximate surface area is 369 Å². The SMILES string of the molecule is CCOC(=O)/C=C/Oc1ccc(-c2nnn(C)c2COC(=O)N(C)Cc2ccccc2)cc1.CN(Cc1ccccc1)C(=O)OCc1c(-c2ccc(O/C=C/C(=O)O)cc2)nnn1C. The smallest absolute Gasteiger partial charge is 0.410 e. The van der Waals surface area contributed by atoms with Crippen LogP contribution in [0.2, 0.25) is 0 Å². The minimum absolute atomic E-state index is 0.0103. The van der Waals surface area contributed by atoms with Crippen molar-refractivity contribution in [1.82, 2.24) is 39.8 Å². The van der Waals surface area contributed by atoms with Gasteiger partial charge in [0.1, 0.15) is 47.5 Å². The Hall–Kier alpha value is -8.28. The predicted octanol–water partition coefficient (Wildman–Crippen LogP) is 6.93. The maximum Gasteiger partial charge on any atom is 0.410 e. The highest BCUT2D eigenvalue weighted by Crippen LogP contribution is 2.26. The minimum atomic E-state index is -1.09. The third-order valence-electron chi connectivity index (χ3n) is 9.06. The van der Waals surface area contributed by atoms with Gasteiger partial charge >= 0.3 is 24.1 Å². The average Bonchev–Trinajstić information content (AvgIpc) is 3.86. The average molecular weight is 873 g/mol. The fourth-order valence-electron chi connectivity index (χ4n) is 5.76. The van der Waals surface area contributed by atoms with Crippen LogP contribution in [-0.4, -0.2) is 89.7 Å². The molecule has 0 saturated heterocycles. The van der Waals surface area contributed by atoms with Gasteiger partial charge in [-0.1, -0.05) is 71.1 Å². The third kappa shape index (κ3) is 14.2. The summed E-state index contributed by atoms with van der Waals surface area (Å²) in [4.78, 5) is 49.6. The van der Waals surface area contributed by atoms with Crippen LogP contribution in [0, 0.1) is 0 Å². The lowest BCUT2D eigenvalue weighted by atomic mass is 10.1. The monoisotopic (exact) mass is 872 g/mol. The molecule has 1 N–H and O–H groups in total. The molecule has 64 heavy (non-hydrogen) atoms. The van der Waals surface area contributed by atoms with Crippen LogP contribution in [0.1, 0.15) is 29.4 Å². The molecular weight excluding hydrogens is 825 g/mol. The van der Waals surface area contributed by atoms with Crippen LogP contribution >= 0.6 is 0 Å². The molecule has 6 rings (SSSR count). The van der Waals surface area contributed by atoms with E-state index in [-0.39, 0.29) is 13.2 Å². The number of aliphatic carboxylic acids is 1. The van der Waals surface area contributed by atoms with Crippen LogP contribution in [0.15, 0.2) is 134 Å². The molecule has 0 saturated carbocycles. The van der Waals surface area contributed by atoms with E-state index in [2.05, 4.69) is 20.6 Å². The maximum absolute atomic E-state index is 12.4. The molecule has 0 radical (unpaired) electrons. The lowest BCUT2D eigenvalue weighted by molar-refractivity contribution is -0.137. The fourth-order valence-corrected chi connectivity index (χ4v) is 5.76. The molecule has 0 spiro atoms. The van der Waals surface area contributed by atoms with Crippen molar-refractivity contribution in [3.8, 4) is 34.0 Å². The molecule has 4 aromatic carbocycles. The first-order valence-electron chi connectivity index (χ1n) is 19.8. The number of hydrogen-bond acceptors (Lipinski definition) is 13. The van der Waals surface area contributed by atoms with Crippen molar-refractivity contribution in [2.45, 2.75) is 33.2 Å². The molecule has 0 aliphatic carbocycles. The highest BCUT2D eigenvalue weighted by Gasteiger charge is 2.19. The van der Waals surface area contributed by atoms with Crippen molar-refractivity contribution in [2.24, 2.45) is 14.1 Å². The maximum atomic E-state index is 12.4. The topological polar surface area (TPSA) is 203 Å². The van der Waals surface area contributed by atoms with E-state index in [9.17, 15) is 19.2 Å². The fraction of sp³-hybridized carbons (Fsp3) is 0.217.